The molecule has 0 atom stereocenters. The van der Waals surface area contributed by atoms with Crippen LogP contribution in [0.3, 0.4) is 0 Å². The Bertz CT molecular complexity index is 321. The van der Waals surface area contributed by atoms with Crippen LogP contribution < -0.4 is 10.1 Å². The van der Waals surface area contributed by atoms with Crippen LogP contribution in [0, 0.1) is 0 Å². The van der Waals surface area contributed by atoms with Gasteiger partial charge in [0.05, 0.1) is 13.2 Å². The van der Waals surface area contributed by atoms with Crippen LogP contribution in [0.2, 0.25) is 0 Å². The van der Waals surface area contributed by atoms with Crippen LogP contribution in [-0.2, 0) is 6.54 Å². The smallest absolute Gasteiger partial charge is 0.119 e. The molecule has 0 amide bonds. The fraction of sp³-hybridized carbons (Fsp3) is 0.500. The number of hydrogen-bond acceptors (Lipinski definition) is 3. The van der Waals surface area contributed by atoms with E-state index in [9.17, 15) is 0 Å². The van der Waals surface area contributed by atoms with Gasteiger partial charge in [0.15, 0.2) is 0 Å². The molecule has 15 heavy (non-hydrogen) atoms. The molecule has 3 heteroatoms. The van der Waals surface area contributed by atoms with Gasteiger partial charge in [-0.05, 0) is 30.5 Å². The average molecular weight is 207 g/mol. The molecule has 1 saturated carbocycles. The van der Waals surface area contributed by atoms with E-state index in [4.69, 9.17) is 9.84 Å². The third kappa shape index (κ3) is 2.70. The van der Waals surface area contributed by atoms with Crippen LogP contribution in [0.1, 0.15) is 18.4 Å². The van der Waals surface area contributed by atoms with Gasteiger partial charge in [-0.25, -0.2) is 0 Å². The molecule has 82 valence electrons. The third-order valence-electron chi connectivity index (χ3n) is 2.84. The van der Waals surface area contributed by atoms with Crippen molar-refractivity contribution in [1.29, 1.82) is 0 Å². The largest absolute Gasteiger partial charge is 0.497 e. The van der Waals surface area contributed by atoms with Gasteiger partial charge in [0.2, 0.25) is 0 Å². The van der Waals surface area contributed by atoms with Crippen LogP contribution in [-0.4, -0.2) is 24.4 Å². The SMILES string of the molecule is COc1cccc(CNC2CC(O)C2)c1. The van der Waals surface area contributed by atoms with Gasteiger partial charge in [-0.2, -0.15) is 0 Å². The Kier molecular flexibility index (Phi) is 3.23. The van der Waals surface area contributed by atoms with E-state index in [1.807, 2.05) is 18.2 Å². The Morgan fingerprint density at radius 2 is 2.27 bits per heavy atom. The lowest BCUT2D eigenvalue weighted by Crippen LogP contribution is -2.43. The van der Waals surface area contributed by atoms with E-state index in [1.165, 1.54) is 5.56 Å². The number of benzene rings is 1. The van der Waals surface area contributed by atoms with Crippen LogP contribution >= 0.6 is 0 Å². The Labute approximate surface area is 90.1 Å². The minimum Gasteiger partial charge on any atom is -0.497 e. The molecular weight excluding hydrogens is 190 g/mol. The van der Waals surface area contributed by atoms with Crippen molar-refractivity contribution in [2.45, 2.75) is 31.5 Å². The monoisotopic (exact) mass is 207 g/mol. The van der Waals surface area contributed by atoms with E-state index in [-0.39, 0.29) is 6.10 Å². The molecule has 3 nitrogen and oxygen atoms in total. The summed E-state index contributed by atoms with van der Waals surface area (Å²) < 4.78 is 5.15. The molecule has 0 spiro atoms. The molecule has 2 rings (SSSR count). The number of ether oxygens (including phenoxy) is 1. The molecule has 0 aromatic heterocycles. The van der Waals surface area contributed by atoms with Crippen molar-refractivity contribution in [3.05, 3.63) is 29.8 Å². The third-order valence-corrected chi connectivity index (χ3v) is 2.84. The summed E-state index contributed by atoms with van der Waals surface area (Å²) in [7, 11) is 1.68. The van der Waals surface area contributed by atoms with Gasteiger partial charge >= 0.3 is 0 Å². The predicted molar refractivity (Wildman–Crippen MR) is 58.9 cm³/mol. The summed E-state index contributed by atoms with van der Waals surface area (Å²) in [5.74, 6) is 0.892. The molecule has 0 bridgehead atoms. The Hall–Kier alpha value is -1.06. The van der Waals surface area contributed by atoms with Crippen molar-refractivity contribution < 1.29 is 9.84 Å². The topological polar surface area (TPSA) is 41.5 Å². The van der Waals surface area contributed by atoms with Crippen molar-refractivity contribution >= 4 is 0 Å². The van der Waals surface area contributed by atoms with E-state index < -0.39 is 0 Å². The molecule has 2 N–H and O–H groups in total. The first kappa shape index (κ1) is 10.5. The minimum absolute atomic E-state index is 0.0900. The van der Waals surface area contributed by atoms with Crippen molar-refractivity contribution in [3.8, 4) is 5.75 Å². The second-order valence-electron chi connectivity index (χ2n) is 4.05. The zero-order chi connectivity index (χ0) is 10.7. The average Bonchev–Trinajstić information content (AvgIpc) is 2.23. The Morgan fingerprint density at radius 3 is 2.93 bits per heavy atom. The summed E-state index contributed by atoms with van der Waals surface area (Å²) in [5.41, 5.74) is 1.22. The summed E-state index contributed by atoms with van der Waals surface area (Å²) >= 11 is 0. The second-order valence-corrected chi connectivity index (χ2v) is 4.05. The van der Waals surface area contributed by atoms with Gasteiger partial charge in [-0.15, -0.1) is 0 Å². The number of aliphatic hydroxyl groups excluding tert-OH is 1. The normalized spacial score (nSPS) is 24.7. The lowest BCUT2D eigenvalue weighted by molar-refractivity contribution is 0.0619. The van der Waals surface area contributed by atoms with Gasteiger partial charge in [-0.1, -0.05) is 12.1 Å². The van der Waals surface area contributed by atoms with Crippen molar-refractivity contribution in [2.75, 3.05) is 7.11 Å². The maximum Gasteiger partial charge on any atom is 0.119 e. The van der Waals surface area contributed by atoms with Crippen LogP contribution in [0.4, 0.5) is 0 Å². The lowest BCUT2D eigenvalue weighted by atomic mass is 9.89. The number of methoxy groups -OCH3 is 1. The summed E-state index contributed by atoms with van der Waals surface area (Å²) in [5, 5.41) is 12.5. The van der Waals surface area contributed by atoms with E-state index in [0.717, 1.165) is 25.1 Å². The Morgan fingerprint density at radius 1 is 1.47 bits per heavy atom. The van der Waals surface area contributed by atoms with Crippen molar-refractivity contribution in [1.82, 2.24) is 5.32 Å². The predicted octanol–water partition coefficient (Wildman–Crippen LogP) is 1.31. The molecule has 1 fully saturated rings. The number of aliphatic hydroxyl groups is 1. The summed E-state index contributed by atoms with van der Waals surface area (Å²) in [6, 6.07) is 8.51. The summed E-state index contributed by atoms with van der Waals surface area (Å²) in [6.45, 7) is 0.842. The fourth-order valence-electron chi connectivity index (χ4n) is 1.80. The first-order valence-corrected chi connectivity index (χ1v) is 5.32. The highest BCUT2D eigenvalue weighted by molar-refractivity contribution is 5.28. The molecule has 0 heterocycles. The molecule has 1 aliphatic rings. The van der Waals surface area contributed by atoms with E-state index in [2.05, 4.69) is 11.4 Å². The van der Waals surface area contributed by atoms with Crippen LogP contribution in [0.5, 0.6) is 5.75 Å². The maximum absolute atomic E-state index is 9.14. The van der Waals surface area contributed by atoms with Gasteiger partial charge < -0.3 is 15.2 Å². The number of rotatable bonds is 4. The summed E-state index contributed by atoms with van der Waals surface area (Å²) in [4.78, 5) is 0. The molecule has 0 radical (unpaired) electrons. The van der Waals surface area contributed by atoms with Gasteiger partial charge in [0.1, 0.15) is 5.75 Å². The number of nitrogens with one attached hydrogen (secondary N) is 1. The molecule has 0 saturated heterocycles. The molecular formula is C12H17NO2. The zero-order valence-electron chi connectivity index (χ0n) is 8.94. The molecule has 0 aliphatic heterocycles. The van der Waals surface area contributed by atoms with Crippen LogP contribution in [0.25, 0.3) is 0 Å². The first-order chi connectivity index (χ1) is 7.28. The molecule has 0 unspecified atom stereocenters. The highest BCUT2D eigenvalue weighted by Crippen LogP contribution is 2.20. The van der Waals surface area contributed by atoms with Crippen LogP contribution in [0.15, 0.2) is 24.3 Å². The van der Waals surface area contributed by atoms with E-state index >= 15 is 0 Å². The maximum atomic E-state index is 9.14. The van der Waals surface area contributed by atoms with E-state index in [0.29, 0.717) is 6.04 Å². The molecule has 1 aromatic carbocycles. The quantitative estimate of drug-likeness (QED) is 0.782. The van der Waals surface area contributed by atoms with Gasteiger partial charge in [0, 0.05) is 12.6 Å². The minimum atomic E-state index is -0.0900. The molecule has 1 aliphatic carbocycles. The van der Waals surface area contributed by atoms with Gasteiger partial charge in [-0.3, -0.25) is 0 Å². The molecule has 1 aromatic rings. The van der Waals surface area contributed by atoms with E-state index in [1.54, 1.807) is 7.11 Å². The second kappa shape index (κ2) is 4.64. The standard InChI is InChI=1S/C12H17NO2/c1-15-12-4-2-3-9(5-12)8-13-10-6-11(14)7-10/h2-5,10-11,13-14H,6-8H2,1H3. The summed E-state index contributed by atoms with van der Waals surface area (Å²) in [6.07, 6.45) is 1.67. The highest BCUT2D eigenvalue weighted by Gasteiger charge is 2.26. The van der Waals surface area contributed by atoms with Gasteiger partial charge in [0.25, 0.3) is 0 Å². The zero-order valence-corrected chi connectivity index (χ0v) is 8.94. The fourth-order valence-corrected chi connectivity index (χ4v) is 1.80. The van der Waals surface area contributed by atoms with Crippen molar-refractivity contribution in [2.24, 2.45) is 0 Å². The lowest BCUT2D eigenvalue weighted by Gasteiger charge is -2.32. The highest BCUT2D eigenvalue weighted by atomic mass is 16.5. The Balaban J connectivity index is 1.82. The van der Waals surface area contributed by atoms with Crippen molar-refractivity contribution in [3.63, 3.8) is 0 Å². The first-order valence-electron chi connectivity index (χ1n) is 5.32. The number of hydrogen-bond donors (Lipinski definition) is 2.